The van der Waals surface area contributed by atoms with E-state index in [1.54, 1.807) is 0 Å². The van der Waals surface area contributed by atoms with Crippen LogP contribution in [0.25, 0.3) is 0 Å². The van der Waals surface area contributed by atoms with E-state index in [4.69, 9.17) is 5.73 Å². The highest BCUT2D eigenvalue weighted by Crippen LogP contribution is 2.30. The molecule has 2 rings (SSSR count). The van der Waals surface area contributed by atoms with Gasteiger partial charge in [-0.05, 0) is 5.41 Å². The number of aromatic nitrogens is 2. The van der Waals surface area contributed by atoms with Crippen LogP contribution < -0.4 is 11.1 Å². The van der Waals surface area contributed by atoms with Gasteiger partial charge < -0.3 is 11.1 Å². The van der Waals surface area contributed by atoms with Gasteiger partial charge >= 0.3 is 0 Å². The van der Waals surface area contributed by atoms with Gasteiger partial charge in [-0.1, -0.05) is 20.8 Å². The highest BCUT2D eigenvalue weighted by Gasteiger charge is 2.25. The van der Waals surface area contributed by atoms with Crippen LogP contribution in [-0.2, 0) is 12.0 Å². The zero-order valence-corrected chi connectivity index (χ0v) is 9.04. The highest BCUT2D eigenvalue weighted by atomic mass is 15.3. The van der Waals surface area contributed by atoms with Crippen molar-refractivity contribution in [1.82, 2.24) is 9.78 Å². The molecule has 3 N–H and O–H groups in total. The van der Waals surface area contributed by atoms with Crippen molar-refractivity contribution in [3.63, 3.8) is 0 Å². The van der Waals surface area contributed by atoms with Crippen molar-refractivity contribution in [2.75, 3.05) is 11.9 Å². The van der Waals surface area contributed by atoms with Gasteiger partial charge in [0.05, 0.1) is 12.7 Å². The Morgan fingerprint density at radius 3 is 2.93 bits per heavy atom. The minimum absolute atomic E-state index is 0.141. The monoisotopic (exact) mass is 194 g/mol. The fourth-order valence-electron chi connectivity index (χ4n) is 1.77. The lowest BCUT2D eigenvalue weighted by Gasteiger charge is -2.26. The fourth-order valence-corrected chi connectivity index (χ4v) is 1.77. The number of nitrogens with one attached hydrogen (secondary N) is 1. The van der Waals surface area contributed by atoms with Gasteiger partial charge in [-0.2, -0.15) is 5.10 Å². The number of rotatable bonds is 0. The van der Waals surface area contributed by atoms with E-state index >= 15 is 0 Å². The van der Waals surface area contributed by atoms with E-state index in [0.717, 1.165) is 18.9 Å². The zero-order chi connectivity index (χ0) is 10.3. The molecule has 4 heteroatoms. The summed E-state index contributed by atoms with van der Waals surface area (Å²) in [4.78, 5) is 0. The molecule has 1 aromatic heterocycles. The van der Waals surface area contributed by atoms with Crippen LogP contribution in [0.4, 0.5) is 5.82 Å². The summed E-state index contributed by atoms with van der Waals surface area (Å²) in [7, 11) is 0. The predicted octanol–water partition coefficient (Wildman–Crippen LogP) is 0.933. The number of fused-ring (bicyclic) bond motifs is 1. The normalized spacial score (nSPS) is 21.6. The topological polar surface area (TPSA) is 55.9 Å². The van der Waals surface area contributed by atoms with Crippen LogP contribution in [0.5, 0.6) is 0 Å². The second-order valence-electron chi connectivity index (χ2n) is 4.98. The van der Waals surface area contributed by atoms with Gasteiger partial charge in [-0.25, -0.2) is 4.68 Å². The molecular formula is C10H18N4. The maximum absolute atomic E-state index is 5.84. The molecule has 0 radical (unpaired) electrons. The van der Waals surface area contributed by atoms with Gasteiger partial charge in [-0.3, -0.25) is 0 Å². The number of nitrogens with zero attached hydrogens (tertiary/aromatic N) is 2. The van der Waals surface area contributed by atoms with Crippen LogP contribution >= 0.6 is 0 Å². The SMILES string of the molecule is CC(C)(C)c1cnn2c1NCC(N)C2. The summed E-state index contributed by atoms with van der Waals surface area (Å²) < 4.78 is 1.97. The van der Waals surface area contributed by atoms with Crippen LogP contribution in [0.1, 0.15) is 26.3 Å². The maximum atomic E-state index is 5.84. The molecule has 0 spiro atoms. The molecule has 0 amide bonds. The first kappa shape index (κ1) is 9.52. The summed E-state index contributed by atoms with van der Waals surface area (Å²) in [5.41, 5.74) is 7.25. The van der Waals surface area contributed by atoms with Crippen molar-refractivity contribution >= 4 is 5.82 Å². The summed E-state index contributed by atoms with van der Waals surface area (Å²) in [6.45, 7) is 8.25. The van der Waals surface area contributed by atoms with Crippen molar-refractivity contribution in [2.45, 2.75) is 38.8 Å². The molecule has 0 bridgehead atoms. The molecule has 0 saturated carbocycles. The number of anilines is 1. The average Bonchev–Trinajstić information content (AvgIpc) is 2.45. The van der Waals surface area contributed by atoms with E-state index in [1.165, 1.54) is 5.56 Å². The Balaban J connectivity index is 2.38. The molecule has 1 unspecified atom stereocenters. The second kappa shape index (κ2) is 2.98. The summed E-state index contributed by atoms with van der Waals surface area (Å²) in [6.07, 6.45) is 1.94. The summed E-state index contributed by atoms with van der Waals surface area (Å²) in [5.74, 6) is 1.14. The number of hydrogen-bond acceptors (Lipinski definition) is 3. The van der Waals surface area contributed by atoms with Crippen LogP contribution in [0, 0.1) is 0 Å². The molecule has 1 aliphatic heterocycles. The molecule has 0 saturated heterocycles. The highest BCUT2D eigenvalue weighted by molar-refractivity contribution is 5.49. The lowest BCUT2D eigenvalue weighted by atomic mass is 9.88. The molecule has 0 aromatic carbocycles. The van der Waals surface area contributed by atoms with E-state index in [1.807, 2.05) is 10.9 Å². The molecule has 1 aromatic rings. The van der Waals surface area contributed by atoms with E-state index in [0.29, 0.717) is 0 Å². The van der Waals surface area contributed by atoms with Gasteiger partial charge in [-0.15, -0.1) is 0 Å². The van der Waals surface area contributed by atoms with Crippen LogP contribution in [0.15, 0.2) is 6.20 Å². The molecular weight excluding hydrogens is 176 g/mol. The van der Waals surface area contributed by atoms with Gasteiger partial charge in [0.1, 0.15) is 5.82 Å². The molecule has 1 atom stereocenters. The summed E-state index contributed by atoms with van der Waals surface area (Å²) in [6, 6.07) is 0.176. The van der Waals surface area contributed by atoms with E-state index in [2.05, 4.69) is 31.2 Å². The van der Waals surface area contributed by atoms with Crippen molar-refractivity contribution in [2.24, 2.45) is 5.73 Å². The van der Waals surface area contributed by atoms with Gasteiger partial charge in [0, 0.05) is 18.2 Å². The average molecular weight is 194 g/mol. The maximum Gasteiger partial charge on any atom is 0.128 e. The molecule has 2 heterocycles. The predicted molar refractivity (Wildman–Crippen MR) is 57.4 cm³/mol. The standard InChI is InChI=1S/C10H18N4/c1-10(2,3)8-5-13-14-6-7(11)4-12-9(8)14/h5,7,12H,4,6,11H2,1-3H3. The first-order valence-electron chi connectivity index (χ1n) is 5.04. The minimum Gasteiger partial charge on any atom is -0.368 e. The van der Waals surface area contributed by atoms with Crippen molar-refractivity contribution in [3.8, 4) is 0 Å². The molecule has 78 valence electrons. The lowest BCUT2D eigenvalue weighted by Crippen LogP contribution is -2.39. The molecule has 0 aliphatic carbocycles. The lowest BCUT2D eigenvalue weighted by molar-refractivity contribution is 0.498. The minimum atomic E-state index is 0.141. The third kappa shape index (κ3) is 1.50. The van der Waals surface area contributed by atoms with E-state index in [-0.39, 0.29) is 11.5 Å². The zero-order valence-electron chi connectivity index (χ0n) is 9.04. The fraction of sp³-hybridized carbons (Fsp3) is 0.700. The summed E-state index contributed by atoms with van der Waals surface area (Å²) in [5, 5.41) is 7.69. The van der Waals surface area contributed by atoms with Gasteiger partial charge in [0.2, 0.25) is 0 Å². The van der Waals surface area contributed by atoms with E-state index < -0.39 is 0 Å². The molecule has 14 heavy (non-hydrogen) atoms. The van der Waals surface area contributed by atoms with Crippen molar-refractivity contribution < 1.29 is 0 Å². The quantitative estimate of drug-likeness (QED) is 0.646. The first-order chi connectivity index (χ1) is 6.48. The summed E-state index contributed by atoms with van der Waals surface area (Å²) >= 11 is 0. The molecule has 0 fully saturated rings. The Kier molecular flexibility index (Phi) is 2.03. The Labute approximate surface area is 84.5 Å². The van der Waals surface area contributed by atoms with E-state index in [9.17, 15) is 0 Å². The first-order valence-corrected chi connectivity index (χ1v) is 5.04. The Bertz CT molecular complexity index is 334. The third-order valence-corrected chi connectivity index (χ3v) is 2.59. The smallest absolute Gasteiger partial charge is 0.128 e. The largest absolute Gasteiger partial charge is 0.368 e. The van der Waals surface area contributed by atoms with Gasteiger partial charge in [0.25, 0.3) is 0 Å². The Morgan fingerprint density at radius 1 is 1.57 bits per heavy atom. The van der Waals surface area contributed by atoms with Crippen molar-refractivity contribution in [3.05, 3.63) is 11.8 Å². The molecule has 1 aliphatic rings. The Morgan fingerprint density at radius 2 is 2.29 bits per heavy atom. The molecule has 4 nitrogen and oxygen atoms in total. The number of hydrogen-bond donors (Lipinski definition) is 2. The van der Waals surface area contributed by atoms with Crippen LogP contribution in [-0.4, -0.2) is 22.4 Å². The van der Waals surface area contributed by atoms with Crippen LogP contribution in [0.2, 0.25) is 0 Å². The number of nitrogens with two attached hydrogens (primary N) is 1. The third-order valence-electron chi connectivity index (χ3n) is 2.59. The second-order valence-corrected chi connectivity index (χ2v) is 4.98. The van der Waals surface area contributed by atoms with Crippen molar-refractivity contribution in [1.29, 1.82) is 0 Å². The van der Waals surface area contributed by atoms with Gasteiger partial charge in [0.15, 0.2) is 0 Å². The van der Waals surface area contributed by atoms with Crippen LogP contribution in [0.3, 0.4) is 0 Å². The Hall–Kier alpha value is -1.03.